The van der Waals surface area contributed by atoms with Gasteiger partial charge in [-0.25, -0.2) is 0 Å². The summed E-state index contributed by atoms with van der Waals surface area (Å²) in [4.78, 5) is 0. The smallest absolute Gasteiger partial charge is 0.0181 e. The monoisotopic (exact) mass is 191 g/mol. The number of hydrogen-bond donors (Lipinski definition) is 1. The van der Waals surface area contributed by atoms with Gasteiger partial charge in [-0.3, -0.25) is 0 Å². The molecule has 0 saturated carbocycles. The van der Waals surface area contributed by atoms with Crippen LogP contribution in [0, 0.1) is 6.92 Å². The van der Waals surface area contributed by atoms with E-state index < -0.39 is 0 Å². The van der Waals surface area contributed by atoms with E-state index in [0.29, 0.717) is 12.5 Å². The highest BCUT2D eigenvalue weighted by Gasteiger charge is 2.07. The molecule has 1 aromatic rings. The summed E-state index contributed by atoms with van der Waals surface area (Å²) in [5, 5.41) is 0. The van der Waals surface area contributed by atoms with Crippen LogP contribution in [0.15, 0.2) is 12.1 Å². The normalized spacial score (nSPS) is 11.0. The van der Waals surface area contributed by atoms with Crippen LogP contribution in [0.4, 0.5) is 0 Å². The highest BCUT2D eigenvalue weighted by molar-refractivity contribution is 5.39. The van der Waals surface area contributed by atoms with Crippen LogP contribution in [0.5, 0.6) is 0 Å². The molecule has 0 aliphatic heterocycles. The van der Waals surface area contributed by atoms with Crippen LogP contribution in [-0.2, 0) is 13.0 Å². The summed E-state index contributed by atoms with van der Waals surface area (Å²) in [6.45, 7) is 9.48. The van der Waals surface area contributed by atoms with Crippen molar-refractivity contribution in [3.63, 3.8) is 0 Å². The zero-order chi connectivity index (χ0) is 10.7. The Morgan fingerprint density at radius 2 is 1.93 bits per heavy atom. The molecule has 0 amide bonds. The van der Waals surface area contributed by atoms with Crippen molar-refractivity contribution in [2.45, 2.75) is 46.6 Å². The van der Waals surface area contributed by atoms with Gasteiger partial charge in [0.1, 0.15) is 0 Å². The fourth-order valence-corrected chi connectivity index (χ4v) is 1.94. The Hall–Kier alpha value is -0.820. The van der Waals surface area contributed by atoms with Crippen molar-refractivity contribution in [3.8, 4) is 0 Å². The van der Waals surface area contributed by atoms with Crippen molar-refractivity contribution < 1.29 is 0 Å². The molecule has 0 fully saturated rings. The molecule has 0 aliphatic carbocycles. The van der Waals surface area contributed by atoms with Crippen molar-refractivity contribution in [2.75, 3.05) is 0 Å². The van der Waals surface area contributed by atoms with Crippen molar-refractivity contribution in [1.82, 2.24) is 0 Å². The Bertz CT molecular complexity index is 313. The molecule has 1 nitrogen and oxygen atoms in total. The second-order valence-corrected chi connectivity index (χ2v) is 4.19. The van der Waals surface area contributed by atoms with Crippen LogP contribution >= 0.6 is 0 Å². The van der Waals surface area contributed by atoms with E-state index in [9.17, 15) is 0 Å². The van der Waals surface area contributed by atoms with Crippen LogP contribution < -0.4 is 5.73 Å². The van der Waals surface area contributed by atoms with Gasteiger partial charge in [-0.1, -0.05) is 32.9 Å². The molecule has 78 valence electrons. The van der Waals surface area contributed by atoms with Gasteiger partial charge < -0.3 is 5.73 Å². The number of nitrogens with two attached hydrogens (primary N) is 1. The van der Waals surface area contributed by atoms with Gasteiger partial charge in [0.15, 0.2) is 0 Å². The SMILES string of the molecule is CCc1c(C)cc(C(C)C)cc1CN. The molecule has 0 radical (unpaired) electrons. The lowest BCUT2D eigenvalue weighted by atomic mass is 9.92. The van der Waals surface area contributed by atoms with Crippen molar-refractivity contribution in [2.24, 2.45) is 5.73 Å². The molecule has 0 heterocycles. The van der Waals surface area contributed by atoms with Crippen molar-refractivity contribution in [1.29, 1.82) is 0 Å². The largest absolute Gasteiger partial charge is 0.326 e. The van der Waals surface area contributed by atoms with Gasteiger partial charge in [-0.15, -0.1) is 0 Å². The quantitative estimate of drug-likeness (QED) is 0.780. The van der Waals surface area contributed by atoms with E-state index in [4.69, 9.17) is 5.73 Å². The van der Waals surface area contributed by atoms with Gasteiger partial charge in [0, 0.05) is 6.54 Å². The minimum Gasteiger partial charge on any atom is -0.326 e. The summed E-state index contributed by atoms with van der Waals surface area (Å²) < 4.78 is 0. The second kappa shape index (κ2) is 4.61. The fourth-order valence-electron chi connectivity index (χ4n) is 1.94. The molecule has 0 saturated heterocycles. The predicted octanol–water partition coefficient (Wildman–Crippen LogP) is 3.14. The molecule has 0 unspecified atom stereocenters. The average molecular weight is 191 g/mol. The number of benzene rings is 1. The summed E-state index contributed by atoms with van der Waals surface area (Å²) in [5.41, 5.74) is 11.3. The molecular weight excluding hydrogens is 170 g/mol. The third-order valence-corrected chi connectivity index (χ3v) is 2.83. The molecule has 0 aliphatic rings. The number of aryl methyl sites for hydroxylation is 1. The maximum absolute atomic E-state index is 5.76. The summed E-state index contributed by atoms with van der Waals surface area (Å²) in [7, 11) is 0. The summed E-state index contributed by atoms with van der Waals surface area (Å²) in [6, 6.07) is 4.55. The Balaban J connectivity index is 3.24. The Morgan fingerprint density at radius 1 is 1.29 bits per heavy atom. The van der Waals surface area contributed by atoms with Crippen LogP contribution in [-0.4, -0.2) is 0 Å². The molecule has 0 atom stereocenters. The zero-order valence-electron chi connectivity index (χ0n) is 9.72. The van der Waals surface area contributed by atoms with Gasteiger partial charge >= 0.3 is 0 Å². The summed E-state index contributed by atoms with van der Waals surface area (Å²) in [5.74, 6) is 0.588. The van der Waals surface area contributed by atoms with Gasteiger partial charge in [-0.05, 0) is 41.5 Å². The molecule has 1 heteroatoms. The van der Waals surface area contributed by atoms with E-state index in [1.165, 1.54) is 22.3 Å². The third-order valence-electron chi connectivity index (χ3n) is 2.83. The van der Waals surface area contributed by atoms with Crippen molar-refractivity contribution in [3.05, 3.63) is 34.4 Å². The maximum Gasteiger partial charge on any atom is 0.0181 e. The molecule has 2 N–H and O–H groups in total. The number of hydrogen-bond acceptors (Lipinski definition) is 1. The molecule has 0 aromatic heterocycles. The molecular formula is C13H21N. The lowest BCUT2D eigenvalue weighted by molar-refractivity contribution is 0.853. The maximum atomic E-state index is 5.76. The first kappa shape index (κ1) is 11.3. The minimum absolute atomic E-state index is 0.588. The lowest BCUT2D eigenvalue weighted by Gasteiger charge is -2.14. The Labute approximate surface area is 87.3 Å². The Kier molecular flexibility index (Phi) is 3.70. The zero-order valence-corrected chi connectivity index (χ0v) is 9.72. The first-order valence-corrected chi connectivity index (χ1v) is 5.42. The Morgan fingerprint density at radius 3 is 2.36 bits per heavy atom. The minimum atomic E-state index is 0.588. The highest BCUT2D eigenvalue weighted by Crippen LogP contribution is 2.22. The topological polar surface area (TPSA) is 26.0 Å². The standard InChI is InChI=1S/C13H21N/c1-5-13-10(4)6-11(9(2)3)7-12(13)8-14/h6-7,9H,5,8,14H2,1-4H3. The average Bonchev–Trinajstić information content (AvgIpc) is 2.16. The molecule has 0 spiro atoms. The van der Waals surface area contributed by atoms with Gasteiger partial charge in [0.2, 0.25) is 0 Å². The van der Waals surface area contributed by atoms with Crippen molar-refractivity contribution >= 4 is 0 Å². The van der Waals surface area contributed by atoms with E-state index >= 15 is 0 Å². The number of rotatable bonds is 3. The predicted molar refractivity (Wildman–Crippen MR) is 62.5 cm³/mol. The first-order valence-electron chi connectivity index (χ1n) is 5.42. The lowest BCUT2D eigenvalue weighted by Crippen LogP contribution is -2.05. The van der Waals surface area contributed by atoms with Crippen LogP contribution in [0.25, 0.3) is 0 Å². The van der Waals surface area contributed by atoms with E-state index in [1.54, 1.807) is 0 Å². The van der Waals surface area contributed by atoms with E-state index in [-0.39, 0.29) is 0 Å². The van der Waals surface area contributed by atoms with Gasteiger partial charge in [-0.2, -0.15) is 0 Å². The van der Waals surface area contributed by atoms with Gasteiger partial charge in [0.25, 0.3) is 0 Å². The van der Waals surface area contributed by atoms with E-state index in [2.05, 4.69) is 39.8 Å². The fraction of sp³-hybridized carbons (Fsp3) is 0.538. The van der Waals surface area contributed by atoms with E-state index in [0.717, 1.165) is 6.42 Å². The van der Waals surface area contributed by atoms with E-state index in [1.807, 2.05) is 0 Å². The molecule has 1 rings (SSSR count). The first-order chi connectivity index (χ1) is 6.60. The molecule has 14 heavy (non-hydrogen) atoms. The van der Waals surface area contributed by atoms with Crippen LogP contribution in [0.1, 0.15) is 48.9 Å². The highest BCUT2D eigenvalue weighted by atomic mass is 14.5. The third kappa shape index (κ3) is 2.16. The summed E-state index contributed by atoms with van der Waals surface area (Å²) >= 11 is 0. The van der Waals surface area contributed by atoms with Crippen LogP contribution in [0.3, 0.4) is 0 Å². The summed E-state index contributed by atoms with van der Waals surface area (Å²) in [6.07, 6.45) is 1.08. The van der Waals surface area contributed by atoms with Crippen LogP contribution in [0.2, 0.25) is 0 Å². The second-order valence-electron chi connectivity index (χ2n) is 4.19. The molecule has 0 bridgehead atoms. The molecule has 1 aromatic carbocycles. The van der Waals surface area contributed by atoms with Gasteiger partial charge in [0.05, 0.1) is 0 Å².